The van der Waals surface area contributed by atoms with Gasteiger partial charge in [-0.05, 0) is 19.4 Å². The molecule has 0 saturated heterocycles. The van der Waals surface area contributed by atoms with E-state index in [0.717, 1.165) is 0 Å². The van der Waals surface area contributed by atoms with Gasteiger partial charge in [0.2, 0.25) is 0 Å². The van der Waals surface area contributed by atoms with E-state index in [1.165, 1.54) is 12.1 Å². The van der Waals surface area contributed by atoms with Crippen molar-refractivity contribution in [1.82, 2.24) is 0 Å². The second kappa shape index (κ2) is 5.19. The molecule has 0 spiro atoms. The minimum absolute atomic E-state index is 0.00794. The summed E-state index contributed by atoms with van der Waals surface area (Å²) in [5, 5.41) is 12.0. The summed E-state index contributed by atoms with van der Waals surface area (Å²) < 4.78 is 13.1. The van der Waals surface area contributed by atoms with E-state index in [4.69, 9.17) is 22.4 Å². The van der Waals surface area contributed by atoms with Gasteiger partial charge >= 0.3 is 0 Å². The number of aliphatic hydroxyl groups excluding tert-OH is 1. The number of anilines is 2. The molecule has 5 heteroatoms. The van der Waals surface area contributed by atoms with E-state index < -0.39 is 11.9 Å². The van der Waals surface area contributed by atoms with Crippen LogP contribution in [0.5, 0.6) is 0 Å². The van der Waals surface area contributed by atoms with Gasteiger partial charge in [0.15, 0.2) is 0 Å². The Morgan fingerprint density at radius 3 is 2.87 bits per heavy atom. The maximum absolute atomic E-state index is 13.1. The Balaban J connectivity index is 2.65. The quantitative estimate of drug-likeness (QED) is 0.698. The molecule has 3 nitrogen and oxygen atoms in total. The first-order valence-electron chi connectivity index (χ1n) is 4.67. The van der Waals surface area contributed by atoms with Gasteiger partial charge in [-0.1, -0.05) is 11.6 Å². The Labute approximate surface area is 93.0 Å². The van der Waals surface area contributed by atoms with E-state index in [1.54, 1.807) is 6.92 Å². The van der Waals surface area contributed by atoms with Crippen molar-refractivity contribution in [2.45, 2.75) is 19.4 Å². The second-order valence-corrected chi connectivity index (χ2v) is 3.83. The SMILES string of the molecule is CC(O)CCNc1cc(F)c(Cl)cc1N. The molecule has 0 amide bonds. The summed E-state index contributed by atoms with van der Waals surface area (Å²) in [6.07, 6.45) is 0.180. The number of nitrogen functional groups attached to an aromatic ring is 1. The number of benzene rings is 1. The Bertz CT molecular complexity index is 344. The number of hydrogen-bond acceptors (Lipinski definition) is 3. The van der Waals surface area contributed by atoms with E-state index in [2.05, 4.69) is 5.32 Å². The molecule has 0 bridgehead atoms. The van der Waals surface area contributed by atoms with Crippen LogP contribution < -0.4 is 11.1 Å². The van der Waals surface area contributed by atoms with Crippen LogP contribution in [0.2, 0.25) is 5.02 Å². The van der Waals surface area contributed by atoms with Crippen LogP contribution in [0.15, 0.2) is 12.1 Å². The van der Waals surface area contributed by atoms with Crippen molar-refractivity contribution in [2.75, 3.05) is 17.6 Å². The molecule has 0 fully saturated rings. The fourth-order valence-corrected chi connectivity index (χ4v) is 1.30. The van der Waals surface area contributed by atoms with Crippen LogP contribution in [0.1, 0.15) is 13.3 Å². The van der Waals surface area contributed by atoms with E-state index in [-0.39, 0.29) is 5.02 Å². The van der Waals surface area contributed by atoms with Gasteiger partial charge in [0.25, 0.3) is 0 Å². The van der Waals surface area contributed by atoms with Crippen molar-refractivity contribution >= 4 is 23.0 Å². The number of nitrogens with one attached hydrogen (secondary N) is 1. The molecule has 0 aliphatic rings. The Hall–Kier alpha value is -1.00. The summed E-state index contributed by atoms with van der Waals surface area (Å²) in [6, 6.07) is 2.61. The van der Waals surface area contributed by atoms with Crippen LogP contribution in [0.25, 0.3) is 0 Å². The zero-order valence-electron chi connectivity index (χ0n) is 8.43. The topological polar surface area (TPSA) is 58.3 Å². The van der Waals surface area contributed by atoms with Crippen LogP contribution in [0.4, 0.5) is 15.8 Å². The van der Waals surface area contributed by atoms with Crippen LogP contribution >= 0.6 is 11.6 Å². The van der Waals surface area contributed by atoms with Gasteiger partial charge < -0.3 is 16.2 Å². The lowest BCUT2D eigenvalue weighted by Crippen LogP contribution is -2.11. The van der Waals surface area contributed by atoms with Crippen LogP contribution in [0, 0.1) is 5.82 Å². The number of hydrogen-bond donors (Lipinski definition) is 3. The van der Waals surface area contributed by atoms with Crippen molar-refractivity contribution in [1.29, 1.82) is 0 Å². The average molecular weight is 233 g/mol. The van der Waals surface area contributed by atoms with Gasteiger partial charge in [-0.15, -0.1) is 0 Å². The second-order valence-electron chi connectivity index (χ2n) is 3.42. The average Bonchev–Trinajstić information content (AvgIpc) is 2.13. The molecule has 1 rings (SSSR count). The molecule has 0 radical (unpaired) electrons. The highest BCUT2D eigenvalue weighted by Crippen LogP contribution is 2.25. The number of aliphatic hydroxyl groups is 1. The number of nitrogens with two attached hydrogens (primary N) is 1. The number of rotatable bonds is 4. The molecule has 15 heavy (non-hydrogen) atoms. The normalized spacial score (nSPS) is 12.5. The third-order valence-corrected chi connectivity index (χ3v) is 2.26. The molecule has 4 N–H and O–H groups in total. The summed E-state index contributed by atoms with van der Waals surface area (Å²) in [5.74, 6) is -0.509. The summed E-state index contributed by atoms with van der Waals surface area (Å²) >= 11 is 5.55. The van der Waals surface area contributed by atoms with Crippen LogP contribution in [-0.4, -0.2) is 17.8 Å². The van der Waals surface area contributed by atoms with Gasteiger partial charge in [0.05, 0.1) is 22.5 Å². The highest BCUT2D eigenvalue weighted by atomic mass is 35.5. The van der Waals surface area contributed by atoms with Gasteiger partial charge in [0, 0.05) is 12.6 Å². The van der Waals surface area contributed by atoms with E-state index in [9.17, 15) is 4.39 Å². The first-order valence-corrected chi connectivity index (χ1v) is 5.05. The zero-order chi connectivity index (χ0) is 11.4. The zero-order valence-corrected chi connectivity index (χ0v) is 9.18. The lowest BCUT2D eigenvalue weighted by molar-refractivity contribution is 0.189. The smallest absolute Gasteiger partial charge is 0.143 e. The van der Waals surface area contributed by atoms with Gasteiger partial charge in [-0.25, -0.2) is 4.39 Å². The Morgan fingerprint density at radius 2 is 2.27 bits per heavy atom. The summed E-state index contributed by atoms with van der Waals surface area (Å²) in [5.41, 5.74) is 6.52. The first-order chi connectivity index (χ1) is 7.00. The third kappa shape index (κ3) is 3.57. The Kier molecular flexibility index (Phi) is 4.17. The van der Waals surface area contributed by atoms with Crippen LogP contribution in [0.3, 0.4) is 0 Å². The van der Waals surface area contributed by atoms with Gasteiger partial charge in [-0.3, -0.25) is 0 Å². The van der Waals surface area contributed by atoms with E-state index in [1.807, 2.05) is 0 Å². The predicted octanol–water partition coefficient (Wildman–Crippen LogP) is 2.24. The maximum Gasteiger partial charge on any atom is 0.143 e. The molecule has 0 saturated carbocycles. The highest BCUT2D eigenvalue weighted by Gasteiger charge is 2.06. The monoisotopic (exact) mass is 232 g/mol. The molecule has 1 unspecified atom stereocenters. The highest BCUT2D eigenvalue weighted by molar-refractivity contribution is 6.31. The first kappa shape index (κ1) is 12.1. The van der Waals surface area contributed by atoms with Crippen molar-refractivity contribution in [3.8, 4) is 0 Å². The third-order valence-electron chi connectivity index (χ3n) is 1.97. The summed E-state index contributed by atoms with van der Waals surface area (Å²) in [4.78, 5) is 0. The molecule has 1 atom stereocenters. The molecule has 0 aliphatic carbocycles. The van der Waals surface area contributed by atoms with Crippen molar-refractivity contribution in [3.63, 3.8) is 0 Å². The minimum Gasteiger partial charge on any atom is -0.397 e. The van der Waals surface area contributed by atoms with Crippen molar-refractivity contribution < 1.29 is 9.50 Å². The summed E-state index contributed by atoms with van der Waals surface area (Å²) in [7, 11) is 0. The minimum atomic E-state index is -0.509. The van der Waals surface area contributed by atoms with Crippen molar-refractivity contribution in [2.24, 2.45) is 0 Å². The van der Waals surface area contributed by atoms with E-state index >= 15 is 0 Å². The van der Waals surface area contributed by atoms with Gasteiger partial charge in [0.1, 0.15) is 5.82 Å². The largest absolute Gasteiger partial charge is 0.397 e. The molecule has 0 heterocycles. The molecule has 0 aromatic heterocycles. The lowest BCUT2D eigenvalue weighted by atomic mass is 10.2. The maximum atomic E-state index is 13.1. The fraction of sp³-hybridized carbons (Fsp3) is 0.400. The summed E-state index contributed by atoms with van der Waals surface area (Å²) in [6.45, 7) is 2.22. The molecule has 1 aromatic rings. The number of halogens is 2. The molecule has 84 valence electrons. The van der Waals surface area contributed by atoms with Crippen LogP contribution in [-0.2, 0) is 0 Å². The molecule has 0 aliphatic heterocycles. The Morgan fingerprint density at radius 1 is 1.60 bits per heavy atom. The van der Waals surface area contributed by atoms with Crippen molar-refractivity contribution in [3.05, 3.63) is 23.0 Å². The molecule has 1 aromatic carbocycles. The lowest BCUT2D eigenvalue weighted by Gasteiger charge is -2.11. The predicted molar refractivity (Wildman–Crippen MR) is 60.6 cm³/mol. The standard InChI is InChI=1S/C10H14ClFN2O/c1-6(15)2-3-14-10-5-8(12)7(11)4-9(10)13/h4-6,14-15H,2-3,13H2,1H3. The fourth-order valence-electron chi connectivity index (χ4n) is 1.13. The van der Waals surface area contributed by atoms with E-state index in [0.29, 0.717) is 24.3 Å². The van der Waals surface area contributed by atoms with Gasteiger partial charge in [-0.2, -0.15) is 0 Å². The molecular formula is C10H14ClFN2O. The molecular weight excluding hydrogens is 219 g/mol.